The van der Waals surface area contributed by atoms with Gasteiger partial charge in [0.05, 0.1) is 115 Å². The molecule has 0 aromatic heterocycles. The molecule has 0 aliphatic heterocycles. The number of amides is 6. The highest BCUT2D eigenvalue weighted by Crippen LogP contribution is 2.25. The Morgan fingerprint density at radius 3 is 0.869 bits per heavy atom. The third kappa shape index (κ3) is 24.4. The van der Waals surface area contributed by atoms with Crippen LogP contribution in [0.3, 0.4) is 0 Å². The van der Waals surface area contributed by atoms with Gasteiger partial charge in [-0.05, 0) is 36.4 Å². The zero-order valence-electron chi connectivity index (χ0n) is 33.4. The van der Waals surface area contributed by atoms with Crippen LogP contribution in [0.25, 0.3) is 0 Å². The van der Waals surface area contributed by atoms with E-state index in [9.17, 15) is 28.8 Å². The summed E-state index contributed by atoms with van der Waals surface area (Å²) in [6, 6.07) is 8.80. The van der Waals surface area contributed by atoms with E-state index in [0.29, 0.717) is 79.3 Å². The maximum atomic E-state index is 12.6. The minimum atomic E-state index is -0.508. The Hall–Kier alpha value is -3.86. The van der Waals surface area contributed by atoms with Gasteiger partial charge in [0, 0.05) is 24.2 Å². The molecule has 340 valence electrons. The molecule has 0 saturated carbocycles. The topological polar surface area (TPSA) is 239 Å². The number of hydrogen-bond acceptors (Lipinski definition) is 13. The second kappa shape index (κ2) is 33.7. The predicted molar refractivity (Wildman–Crippen MR) is 231 cm³/mol. The molecule has 61 heavy (non-hydrogen) atoms. The minimum absolute atomic E-state index is 0.210. The van der Waals surface area contributed by atoms with Gasteiger partial charge in [0.25, 0.3) is 11.8 Å². The van der Waals surface area contributed by atoms with Crippen molar-refractivity contribution in [1.82, 2.24) is 10.6 Å². The number of hydrogen-bond donors (Lipinski definition) is 6. The van der Waals surface area contributed by atoms with Gasteiger partial charge < -0.3 is 65.1 Å². The van der Waals surface area contributed by atoms with Crippen molar-refractivity contribution in [3.05, 3.63) is 47.5 Å². The van der Waals surface area contributed by atoms with Crippen molar-refractivity contribution < 1.29 is 61.9 Å². The summed E-state index contributed by atoms with van der Waals surface area (Å²) >= 11 is 22.2. The Morgan fingerprint density at radius 2 is 0.607 bits per heavy atom. The Labute approximate surface area is 373 Å². The maximum Gasteiger partial charge on any atom is 0.251 e. The van der Waals surface area contributed by atoms with Gasteiger partial charge in [-0.3, -0.25) is 28.8 Å². The van der Waals surface area contributed by atoms with Crippen LogP contribution in [0, 0.1) is 0 Å². The molecular formula is C38H52Cl4N6O13. The van der Waals surface area contributed by atoms with E-state index >= 15 is 0 Å². The van der Waals surface area contributed by atoms with E-state index in [1.807, 2.05) is 0 Å². The van der Waals surface area contributed by atoms with E-state index in [0.717, 1.165) is 0 Å². The first-order chi connectivity index (χ1) is 29.6. The van der Waals surface area contributed by atoms with Crippen LogP contribution in [0.15, 0.2) is 36.4 Å². The van der Waals surface area contributed by atoms with Gasteiger partial charge in [-0.1, -0.05) is 0 Å². The molecule has 0 unspecified atom stereocenters. The number of rotatable bonds is 34. The lowest BCUT2D eigenvalue weighted by atomic mass is 10.1. The highest BCUT2D eigenvalue weighted by molar-refractivity contribution is 6.31. The highest BCUT2D eigenvalue weighted by Gasteiger charge is 2.15. The summed E-state index contributed by atoms with van der Waals surface area (Å²) in [6.45, 7) is 5.46. The van der Waals surface area contributed by atoms with Crippen LogP contribution in [0.4, 0.5) is 22.7 Å². The fourth-order valence-corrected chi connectivity index (χ4v) is 4.90. The first-order valence-electron chi connectivity index (χ1n) is 18.9. The van der Waals surface area contributed by atoms with Gasteiger partial charge in [-0.2, -0.15) is 0 Å². The Morgan fingerprint density at radius 1 is 0.361 bits per heavy atom. The summed E-state index contributed by atoms with van der Waals surface area (Å²) < 4.78 is 38.3. The van der Waals surface area contributed by atoms with Crippen molar-refractivity contribution in [2.45, 2.75) is 0 Å². The Balaban J connectivity index is 1.38. The molecule has 2 aromatic carbocycles. The molecule has 6 amide bonds. The molecule has 0 spiro atoms. The van der Waals surface area contributed by atoms with Gasteiger partial charge in [-0.25, -0.2) is 0 Å². The molecule has 2 aromatic rings. The number of nitrogens with one attached hydrogen (secondary N) is 6. The van der Waals surface area contributed by atoms with E-state index in [1.54, 1.807) is 0 Å². The summed E-state index contributed by atoms with van der Waals surface area (Å²) in [5.74, 6) is -3.93. The molecule has 0 heterocycles. The second-order valence-electron chi connectivity index (χ2n) is 12.0. The maximum absolute atomic E-state index is 12.6. The van der Waals surface area contributed by atoms with Crippen molar-refractivity contribution in [2.75, 3.05) is 150 Å². The summed E-state index contributed by atoms with van der Waals surface area (Å²) in [6.07, 6.45) is 0. The van der Waals surface area contributed by atoms with Crippen LogP contribution in [0.5, 0.6) is 0 Å². The lowest BCUT2D eigenvalue weighted by molar-refractivity contribution is -0.114. The van der Waals surface area contributed by atoms with Crippen molar-refractivity contribution in [1.29, 1.82) is 0 Å². The predicted octanol–water partition coefficient (Wildman–Crippen LogP) is 2.67. The van der Waals surface area contributed by atoms with Gasteiger partial charge >= 0.3 is 0 Å². The lowest BCUT2D eigenvalue weighted by Gasteiger charge is -2.13. The number of alkyl halides is 4. The van der Waals surface area contributed by atoms with E-state index in [2.05, 4.69) is 31.9 Å². The van der Waals surface area contributed by atoms with Crippen molar-refractivity contribution in [3.63, 3.8) is 0 Å². The quantitative estimate of drug-likeness (QED) is 0.0438. The summed E-state index contributed by atoms with van der Waals surface area (Å²) in [4.78, 5) is 72.0. The first-order valence-corrected chi connectivity index (χ1v) is 21.1. The summed E-state index contributed by atoms with van der Waals surface area (Å²) in [5, 5.41) is 15.6. The fraction of sp³-hybridized carbons (Fsp3) is 0.526. The standard InChI is InChI=1S/C38H52Cl4N6O13/c39-23-33(49)45-29-3-1-27(21-31(29)47-35(51)25-41)37(53)43-5-7-55-9-11-57-13-15-59-17-19-61-20-18-60-16-14-58-12-10-56-8-6-44-38(54)28-2-4-30(46-34(50)24-40)32(22-28)48-36(52)26-42/h1-4,21-22H,5-20,23-26H2,(H,43,53)(H,44,54)(H,45,49)(H,46,50)(H,47,51)(H,48,52). The summed E-state index contributed by atoms with van der Waals surface area (Å²) in [7, 11) is 0. The largest absolute Gasteiger partial charge is 0.377 e. The Kier molecular flexibility index (Phi) is 29.5. The van der Waals surface area contributed by atoms with Gasteiger partial charge in [-0.15, -0.1) is 46.4 Å². The average Bonchev–Trinajstić information content (AvgIpc) is 3.26. The molecule has 0 bridgehead atoms. The number of carbonyl (C=O) groups excluding carboxylic acids is 6. The molecule has 0 saturated heterocycles. The highest BCUT2D eigenvalue weighted by atomic mass is 35.5. The molecule has 0 aliphatic rings. The molecular weight excluding hydrogens is 890 g/mol. The molecule has 0 aliphatic carbocycles. The van der Waals surface area contributed by atoms with Gasteiger partial charge in [0.1, 0.15) is 23.5 Å². The van der Waals surface area contributed by atoms with Gasteiger partial charge in [0.15, 0.2) is 0 Å². The zero-order chi connectivity index (χ0) is 44.5. The van der Waals surface area contributed by atoms with Crippen molar-refractivity contribution in [2.24, 2.45) is 0 Å². The first kappa shape index (κ1) is 53.3. The normalized spacial score (nSPS) is 10.8. The molecule has 6 N–H and O–H groups in total. The molecule has 19 nitrogen and oxygen atoms in total. The lowest BCUT2D eigenvalue weighted by Crippen LogP contribution is -2.28. The third-order valence-electron chi connectivity index (χ3n) is 7.44. The monoisotopic (exact) mass is 940 g/mol. The smallest absolute Gasteiger partial charge is 0.251 e. The third-order valence-corrected chi connectivity index (χ3v) is 8.41. The zero-order valence-corrected chi connectivity index (χ0v) is 36.4. The van der Waals surface area contributed by atoms with E-state index in [1.165, 1.54) is 36.4 Å². The Bertz CT molecular complexity index is 1550. The van der Waals surface area contributed by atoms with Crippen LogP contribution in [0.2, 0.25) is 0 Å². The number of anilines is 4. The molecule has 0 radical (unpaired) electrons. The average molecular weight is 943 g/mol. The van der Waals surface area contributed by atoms with E-state index in [-0.39, 0.29) is 83.7 Å². The van der Waals surface area contributed by atoms with Gasteiger partial charge in [0.2, 0.25) is 23.6 Å². The summed E-state index contributed by atoms with van der Waals surface area (Å²) in [5.41, 5.74) is 1.49. The van der Waals surface area contributed by atoms with Crippen LogP contribution in [-0.2, 0) is 52.3 Å². The minimum Gasteiger partial charge on any atom is -0.377 e. The number of benzene rings is 2. The fourth-order valence-electron chi connectivity index (χ4n) is 4.63. The van der Waals surface area contributed by atoms with Crippen LogP contribution < -0.4 is 31.9 Å². The number of carbonyl (C=O) groups is 6. The number of halogens is 4. The van der Waals surface area contributed by atoms with Crippen LogP contribution in [-0.4, -0.2) is 165 Å². The van der Waals surface area contributed by atoms with Crippen LogP contribution >= 0.6 is 46.4 Å². The van der Waals surface area contributed by atoms with E-state index < -0.39 is 35.4 Å². The molecule has 2 rings (SSSR count). The van der Waals surface area contributed by atoms with E-state index in [4.69, 9.17) is 79.6 Å². The van der Waals surface area contributed by atoms with Crippen molar-refractivity contribution in [3.8, 4) is 0 Å². The molecule has 0 atom stereocenters. The SMILES string of the molecule is O=C(CCl)Nc1ccc(C(=O)NCCOCCOCCOCCOCCOCCOCCOCCNC(=O)c2ccc(NC(=O)CCl)c(NC(=O)CCl)c2)cc1NC(=O)CCl. The molecule has 0 fully saturated rings. The number of ether oxygens (including phenoxy) is 7. The second-order valence-corrected chi connectivity index (χ2v) is 13.1. The van der Waals surface area contributed by atoms with Crippen molar-refractivity contribution >= 4 is 105 Å². The van der Waals surface area contributed by atoms with Crippen LogP contribution in [0.1, 0.15) is 20.7 Å². The molecule has 23 heteroatoms.